The lowest BCUT2D eigenvalue weighted by molar-refractivity contribution is -0.0523. The summed E-state index contributed by atoms with van der Waals surface area (Å²) in [6.07, 6.45) is 0.272. The molecule has 3 aromatic rings. The minimum absolute atomic E-state index is 0.00243. The van der Waals surface area contributed by atoms with Crippen LogP contribution in [0.15, 0.2) is 23.4 Å². The molecule has 202 valence electrons. The zero-order valence-electron chi connectivity index (χ0n) is 20.9. The molecule has 3 aromatic heterocycles. The van der Waals surface area contributed by atoms with E-state index in [0.29, 0.717) is 30.9 Å². The Kier molecular flexibility index (Phi) is 6.73. The summed E-state index contributed by atoms with van der Waals surface area (Å²) in [4.78, 5) is 6.54. The van der Waals surface area contributed by atoms with Gasteiger partial charge in [-0.15, -0.1) is 10.2 Å². The molecule has 0 aromatic carbocycles. The topological polar surface area (TPSA) is 123 Å². The molecule has 2 saturated heterocycles. The maximum Gasteiger partial charge on any atom is 0.291 e. The van der Waals surface area contributed by atoms with E-state index in [-0.39, 0.29) is 40.5 Å². The molecular weight excluding hydrogens is 528 g/mol. The Morgan fingerprint density at radius 1 is 1.32 bits per heavy atom. The van der Waals surface area contributed by atoms with E-state index in [1.165, 1.54) is 6.20 Å². The molecule has 37 heavy (non-hydrogen) atoms. The monoisotopic (exact) mass is 557 g/mol. The lowest BCUT2D eigenvalue weighted by atomic mass is 9.98. The Hall–Kier alpha value is -2.30. The van der Waals surface area contributed by atoms with Gasteiger partial charge in [0.2, 0.25) is 10.0 Å². The van der Waals surface area contributed by atoms with Crippen molar-refractivity contribution in [2.75, 3.05) is 44.9 Å². The highest BCUT2D eigenvalue weighted by Crippen LogP contribution is 2.34. The van der Waals surface area contributed by atoms with Crippen LogP contribution in [0, 0.1) is 0 Å². The molecule has 11 nitrogen and oxygen atoms in total. The van der Waals surface area contributed by atoms with Crippen molar-refractivity contribution >= 4 is 32.6 Å². The molecule has 0 amide bonds. The first-order valence-corrected chi connectivity index (χ1v) is 14.0. The molecule has 0 aliphatic carbocycles. The standard InChI is InChI=1S/C22H29F2N7O4S2/c1-21(2)10-30(7-13(26-21)9-34-4)15-5-14(37(32,33)29-22(3)11-35-12-22)8-31-16(15)6-25-18(31)20-28-27-19(36-20)17(23)24/h5-6,8,13,17,26,29H,7,9-12H2,1-4H3. The van der Waals surface area contributed by atoms with Gasteiger partial charge in [-0.2, -0.15) is 0 Å². The van der Waals surface area contributed by atoms with Crippen LogP contribution >= 0.6 is 11.3 Å². The number of anilines is 1. The fourth-order valence-electron chi connectivity index (χ4n) is 4.81. The summed E-state index contributed by atoms with van der Waals surface area (Å²) in [6.45, 7) is 8.05. The van der Waals surface area contributed by atoms with Gasteiger partial charge >= 0.3 is 0 Å². The maximum atomic E-state index is 13.5. The van der Waals surface area contributed by atoms with Crippen molar-refractivity contribution in [2.24, 2.45) is 0 Å². The first-order valence-electron chi connectivity index (χ1n) is 11.7. The predicted molar refractivity (Wildman–Crippen MR) is 134 cm³/mol. The maximum absolute atomic E-state index is 13.5. The van der Waals surface area contributed by atoms with E-state index in [0.717, 1.165) is 11.3 Å². The third-order valence-corrected chi connectivity index (χ3v) is 8.81. The second kappa shape index (κ2) is 9.47. The summed E-state index contributed by atoms with van der Waals surface area (Å²) in [5.74, 6) is 0.235. The molecule has 1 atom stereocenters. The lowest BCUT2D eigenvalue weighted by Crippen LogP contribution is -2.63. The second-order valence-electron chi connectivity index (χ2n) is 10.4. The number of fused-ring (bicyclic) bond motifs is 1. The number of ether oxygens (including phenoxy) is 2. The number of nitrogens with one attached hydrogen (secondary N) is 2. The van der Waals surface area contributed by atoms with Crippen LogP contribution in [0.25, 0.3) is 16.3 Å². The molecular formula is C22H29F2N7O4S2. The molecule has 0 saturated carbocycles. The van der Waals surface area contributed by atoms with E-state index in [1.807, 2.05) is 0 Å². The van der Waals surface area contributed by atoms with E-state index in [1.54, 1.807) is 30.7 Å². The van der Waals surface area contributed by atoms with Crippen molar-refractivity contribution < 1.29 is 26.7 Å². The average Bonchev–Trinajstić information content (AvgIpc) is 3.43. The van der Waals surface area contributed by atoms with Crippen LogP contribution in [0.5, 0.6) is 0 Å². The molecule has 2 N–H and O–H groups in total. The first kappa shape index (κ1) is 26.3. The molecule has 5 heterocycles. The summed E-state index contributed by atoms with van der Waals surface area (Å²) in [5, 5.41) is 10.7. The zero-order valence-corrected chi connectivity index (χ0v) is 22.5. The third kappa shape index (κ3) is 5.20. The van der Waals surface area contributed by atoms with Gasteiger partial charge in [-0.05, 0) is 26.8 Å². The number of alkyl halides is 2. The van der Waals surface area contributed by atoms with E-state index < -0.39 is 27.0 Å². The molecule has 5 rings (SSSR count). The van der Waals surface area contributed by atoms with Crippen LogP contribution in [0.4, 0.5) is 14.5 Å². The second-order valence-corrected chi connectivity index (χ2v) is 13.1. The van der Waals surface area contributed by atoms with Crippen molar-refractivity contribution in [1.82, 2.24) is 29.6 Å². The molecule has 15 heteroatoms. The molecule has 1 unspecified atom stereocenters. The van der Waals surface area contributed by atoms with Crippen LogP contribution < -0.4 is 14.9 Å². The van der Waals surface area contributed by atoms with Crippen molar-refractivity contribution in [2.45, 2.75) is 49.2 Å². The summed E-state index contributed by atoms with van der Waals surface area (Å²) >= 11 is 0.721. The minimum Gasteiger partial charge on any atom is -0.383 e. The van der Waals surface area contributed by atoms with Crippen molar-refractivity contribution in [3.63, 3.8) is 0 Å². The minimum atomic E-state index is -3.97. The number of hydrogen-bond donors (Lipinski definition) is 2. The largest absolute Gasteiger partial charge is 0.383 e. The average molecular weight is 558 g/mol. The van der Waals surface area contributed by atoms with E-state index >= 15 is 0 Å². The summed E-state index contributed by atoms with van der Waals surface area (Å²) in [5.41, 5.74) is 0.259. The quantitative estimate of drug-likeness (QED) is 0.428. The van der Waals surface area contributed by atoms with E-state index in [4.69, 9.17) is 9.47 Å². The SMILES string of the molecule is COCC1CN(c2cc(S(=O)(=O)NC3(C)COC3)cn3c(-c4nnc(C(F)F)s4)ncc23)CC(C)(C)N1. The van der Waals surface area contributed by atoms with Gasteiger partial charge in [-0.25, -0.2) is 26.9 Å². The van der Waals surface area contributed by atoms with Crippen molar-refractivity contribution in [1.29, 1.82) is 0 Å². The number of rotatable bonds is 8. The van der Waals surface area contributed by atoms with E-state index in [9.17, 15) is 17.2 Å². The van der Waals surface area contributed by atoms with Crippen LogP contribution in [-0.4, -0.2) is 85.1 Å². The zero-order chi connectivity index (χ0) is 26.6. The van der Waals surface area contributed by atoms with Gasteiger partial charge < -0.3 is 19.7 Å². The summed E-state index contributed by atoms with van der Waals surface area (Å²) < 4.78 is 68.3. The van der Waals surface area contributed by atoms with Crippen molar-refractivity contribution in [3.05, 3.63) is 23.5 Å². The van der Waals surface area contributed by atoms with Crippen LogP contribution in [0.2, 0.25) is 0 Å². The number of pyridine rings is 1. The number of imidazole rings is 1. The van der Waals surface area contributed by atoms with Crippen LogP contribution in [-0.2, 0) is 19.5 Å². The summed E-state index contributed by atoms with van der Waals surface area (Å²) in [6, 6.07) is 1.62. The molecule has 2 fully saturated rings. The number of nitrogens with zero attached hydrogens (tertiary/aromatic N) is 5. The Bertz CT molecular complexity index is 1410. The number of hydrogen-bond acceptors (Lipinski definition) is 10. The Labute approximate surface area is 217 Å². The number of halogens is 2. The highest BCUT2D eigenvalue weighted by Gasteiger charge is 2.39. The number of aromatic nitrogens is 4. The predicted octanol–water partition coefficient (Wildman–Crippen LogP) is 2.06. The molecule has 2 aliphatic heterocycles. The van der Waals surface area contributed by atoms with Crippen LogP contribution in [0.1, 0.15) is 32.2 Å². The number of piperazine rings is 1. The molecule has 0 radical (unpaired) electrons. The smallest absolute Gasteiger partial charge is 0.291 e. The highest BCUT2D eigenvalue weighted by molar-refractivity contribution is 7.89. The lowest BCUT2D eigenvalue weighted by Gasteiger charge is -2.45. The fourth-order valence-corrected chi connectivity index (χ4v) is 6.90. The normalized spacial score (nSPS) is 21.5. The molecule has 2 aliphatic rings. The van der Waals surface area contributed by atoms with Gasteiger partial charge in [0.15, 0.2) is 15.8 Å². The molecule has 0 bridgehead atoms. The Morgan fingerprint density at radius 3 is 2.70 bits per heavy atom. The number of sulfonamides is 1. The van der Waals surface area contributed by atoms with Crippen molar-refractivity contribution in [3.8, 4) is 10.8 Å². The van der Waals surface area contributed by atoms with Gasteiger partial charge in [-0.3, -0.25) is 4.40 Å². The fraction of sp³-hybridized carbons (Fsp3) is 0.591. The van der Waals surface area contributed by atoms with Gasteiger partial charge in [0.25, 0.3) is 6.43 Å². The van der Waals surface area contributed by atoms with Gasteiger partial charge in [0.1, 0.15) is 4.90 Å². The Balaban J connectivity index is 1.65. The van der Waals surface area contributed by atoms with Gasteiger partial charge in [0, 0.05) is 38.0 Å². The first-order chi connectivity index (χ1) is 17.4. The number of methoxy groups -OCH3 is 1. The summed E-state index contributed by atoms with van der Waals surface area (Å²) in [7, 11) is -2.33. The van der Waals surface area contributed by atoms with Gasteiger partial charge in [-0.1, -0.05) is 11.3 Å². The highest BCUT2D eigenvalue weighted by atomic mass is 32.2. The molecule has 0 spiro atoms. The van der Waals surface area contributed by atoms with E-state index in [2.05, 4.69) is 44.0 Å². The Morgan fingerprint density at radius 2 is 2.08 bits per heavy atom. The van der Waals surface area contributed by atoms with Crippen LogP contribution in [0.3, 0.4) is 0 Å². The third-order valence-electron chi connectivity index (χ3n) is 6.28. The van der Waals surface area contributed by atoms with Gasteiger partial charge in [0.05, 0.1) is 42.8 Å².